The first-order valence-corrected chi connectivity index (χ1v) is 9.03. The molecule has 1 aliphatic rings. The van der Waals surface area contributed by atoms with Gasteiger partial charge in [0.1, 0.15) is 23.2 Å². The number of halogens is 1. The Morgan fingerprint density at radius 2 is 1.65 bits per heavy atom. The first kappa shape index (κ1) is 19.0. The lowest BCUT2D eigenvalue weighted by molar-refractivity contribution is 0.00578. The van der Waals surface area contributed by atoms with Crippen molar-refractivity contribution in [3.63, 3.8) is 0 Å². The van der Waals surface area contributed by atoms with E-state index in [1.165, 1.54) is 6.07 Å². The molecule has 26 heavy (non-hydrogen) atoms. The highest BCUT2D eigenvalue weighted by atomic mass is 19.1. The van der Waals surface area contributed by atoms with Gasteiger partial charge in [-0.2, -0.15) is 5.10 Å². The van der Waals surface area contributed by atoms with Gasteiger partial charge in [0.25, 0.3) is 0 Å². The van der Waals surface area contributed by atoms with Crippen molar-refractivity contribution in [2.24, 2.45) is 0 Å². The molecule has 0 amide bonds. The third-order valence-corrected chi connectivity index (χ3v) is 5.40. The Balaban J connectivity index is 2.26. The van der Waals surface area contributed by atoms with Crippen molar-refractivity contribution >= 4 is 12.6 Å². The number of aryl methyl sites for hydroxylation is 2. The molecule has 0 unspecified atom stereocenters. The van der Waals surface area contributed by atoms with Gasteiger partial charge in [-0.15, -0.1) is 0 Å². The van der Waals surface area contributed by atoms with E-state index in [-0.39, 0.29) is 11.7 Å². The predicted molar refractivity (Wildman–Crippen MR) is 101 cm³/mol. The minimum Gasteiger partial charge on any atom is -0.399 e. The molecule has 1 fully saturated rings. The summed E-state index contributed by atoms with van der Waals surface area (Å²) >= 11 is 0. The average molecular weight is 359 g/mol. The van der Waals surface area contributed by atoms with Crippen LogP contribution in [0.25, 0.3) is 5.69 Å². The van der Waals surface area contributed by atoms with E-state index in [0.717, 1.165) is 5.56 Å². The van der Waals surface area contributed by atoms with E-state index in [1.807, 2.05) is 40.7 Å². The molecule has 0 aliphatic carbocycles. The zero-order chi connectivity index (χ0) is 19.4. The lowest BCUT2D eigenvalue weighted by atomic mass is 9.72. The third kappa shape index (κ3) is 2.97. The van der Waals surface area contributed by atoms with Crippen LogP contribution in [-0.4, -0.2) is 33.1 Å². The van der Waals surface area contributed by atoms with E-state index in [0.29, 0.717) is 22.8 Å². The zero-order valence-corrected chi connectivity index (χ0v) is 16.8. The standard InChI is InChI=1S/C19H27BFN3O2/c1-11(2)14-9-10-15(21)17(24-13(4)22-12(3)23-24)16(14)20-25-18(5,6)19(7,8)26-20/h9-11H,1-8H3. The molecule has 1 aromatic heterocycles. The molecule has 1 aromatic carbocycles. The summed E-state index contributed by atoms with van der Waals surface area (Å²) in [7, 11) is -0.674. The van der Waals surface area contributed by atoms with Gasteiger partial charge in [0.05, 0.1) is 11.2 Å². The molecular weight excluding hydrogens is 332 g/mol. The normalized spacial score (nSPS) is 18.8. The Labute approximate surface area is 155 Å². The van der Waals surface area contributed by atoms with Crippen LogP contribution in [0.3, 0.4) is 0 Å². The number of benzene rings is 1. The van der Waals surface area contributed by atoms with E-state index >= 15 is 4.39 Å². The molecule has 0 bridgehead atoms. The maximum Gasteiger partial charge on any atom is 0.497 e. The molecule has 0 spiro atoms. The maximum atomic E-state index is 15.0. The Kier molecular flexibility index (Phi) is 4.52. The van der Waals surface area contributed by atoms with Crippen molar-refractivity contribution < 1.29 is 13.7 Å². The molecule has 2 heterocycles. The summed E-state index contributed by atoms with van der Waals surface area (Å²) < 4.78 is 29.1. The van der Waals surface area contributed by atoms with E-state index in [2.05, 4.69) is 23.9 Å². The van der Waals surface area contributed by atoms with Crippen LogP contribution in [0.5, 0.6) is 0 Å². The van der Waals surface area contributed by atoms with Gasteiger partial charge >= 0.3 is 7.12 Å². The Morgan fingerprint density at radius 1 is 1.08 bits per heavy atom. The van der Waals surface area contributed by atoms with Crippen LogP contribution in [-0.2, 0) is 9.31 Å². The number of aromatic nitrogens is 3. The predicted octanol–water partition coefficient (Wildman–Crippen LogP) is 3.45. The summed E-state index contributed by atoms with van der Waals surface area (Å²) in [6, 6.07) is 3.29. The van der Waals surface area contributed by atoms with Crippen LogP contribution in [0.2, 0.25) is 0 Å². The van der Waals surface area contributed by atoms with Gasteiger partial charge in [0.2, 0.25) is 0 Å². The summed E-state index contributed by atoms with van der Waals surface area (Å²) in [5.74, 6) is 1.03. The summed E-state index contributed by atoms with van der Waals surface area (Å²) in [4.78, 5) is 4.33. The van der Waals surface area contributed by atoms with Crippen LogP contribution in [0, 0.1) is 19.7 Å². The van der Waals surface area contributed by atoms with Crippen molar-refractivity contribution in [2.75, 3.05) is 0 Å². The summed E-state index contributed by atoms with van der Waals surface area (Å²) in [6.07, 6.45) is 0. The lowest BCUT2D eigenvalue weighted by Gasteiger charge is -2.32. The van der Waals surface area contributed by atoms with Crippen LogP contribution in [0.4, 0.5) is 4.39 Å². The molecular formula is C19H27BFN3O2. The van der Waals surface area contributed by atoms with Crippen molar-refractivity contribution in [3.05, 3.63) is 35.2 Å². The molecule has 3 rings (SSSR count). The van der Waals surface area contributed by atoms with Crippen molar-refractivity contribution in [1.29, 1.82) is 0 Å². The first-order valence-electron chi connectivity index (χ1n) is 9.03. The van der Waals surface area contributed by atoms with Crippen molar-refractivity contribution in [1.82, 2.24) is 14.8 Å². The number of hydrogen-bond donors (Lipinski definition) is 0. The highest BCUT2D eigenvalue weighted by molar-refractivity contribution is 6.64. The smallest absolute Gasteiger partial charge is 0.399 e. The van der Waals surface area contributed by atoms with Crippen LogP contribution >= 0.6 is 0 Å². The topological polar surface area (TPSA) is 49.2 Å². The van der Waals surface area contributed by atoms with Gasteiger partial charge in [-0.05, 0) is 59.1 Å². The monoisotopic (exact) mass is 359 g/mol. The first-order chi connectivity index (χ1) is 11.9. The molecule has 1 saturated heterocycles. The molecule has 0 atom stereocenters. The highest BCUT2D eigenvalue weighted by Crippen LogP contribution is 2.38. The molecule has 5 nitrogen and oxygen atoms in total. The van der Waals surface area contributed by atoms with Gasteiger partial charge in [-0.1, -0.05) is 19.9 Å². The Bertz CT molecular complexity index is 830. The Morgan fingerprint density at radius 3 is 2.12 bits per heavy atom. The highest BCUT2D eigenvalue weighted by Gasteiger charge is 2.53. The lowest BCUT2D eigenvalue weighted by Crippen LogP contribution is -2.41. The van der Waals surface area contributed by atoms with Crippen molar-refractivity contribution in [2.45, 2.75) is 72.5 Å². The minimum atomic E-state index is -0.674. The second-order valence-corrected chi connectivity index (χ2v) is 8.26. The quantitative estimate of drug-likeness (QED) is 0.788. The van der Waals surface area contributed by atoms with E-state index in [1.54, 1.807) is 11.6 Å². The average Bonchev–Trinajstić information content (AvgIpc) is 2.93. The fraction of sp³-hybridized carbons (Fsp3) is 0.579. The third-order valence-electron chi connectivity index (χ3n) is 5.40. The second kappa shape index (κ2) is 6.17. The molecule has 0 N–H and O–H groups in total. The number of nitrogens with zero attached hydrogens (tertiary/aromatic N) is 3. The largest absolute Gasteiger partial charge is 0.497 e. The van der Waals surface area contributed by atoms with Gasteiger partial charge in [-0.3, -0.25) is 0 Å². The SMILES string of the molecule is Cc1nc(C)n(-c2c(F)ccc(C(C)C)c2B2OC(C)(C)C(C)(C)O2)n1. The zero-order valence-electron chi connectivity index (χ0n) is 16.8. The van der Waals surface area contributed by atoms with Crippen LogP contribution in [0.15, 0.2) is 12.1 Å². The van der Waals surface area contributed by atoms with E-state index in [4.69, 9.17) is 9.31 Å². The fourth-order valence-electron chi connectivity index (χ4n) is 3.26. The molecule has 0 saturated carbocycles. The van der Waals surface area contributed by atoms with Gasteiger partial charge in [0, 0.05) is 5.46 Å². The van der Waals surface area contributed by atoms with Gasteiger partial charge in [0.15, 0.2) is 0 Å². The number of hydrogen-bond acceptors (Lipinski definition) is 4. The van der Waals surface area contributed by atoms with Crippen molar-refractivity contribution in [3.8, 4) is 5.69 Å². The molecule has 140 valence electrons. The van der Waals surface area contributed by atoms with E-state index in [9.17, 15) is 0 Å². The molecule has 1 aliphatic heterocycles. The summed E-state index contributed by atoms with van der Waals surface area (Å²) in [6.45, 7) is 15.7. The summed E-state index contributed by atoms with van der Waals surface area (Å²) in [5, 5.41) is 4.40. The number of rotatable bonds is 3. The minimum absolute atomic E-state index is 0.174. The maximum absolute atomic E-state index is 15.0. The van der Waals surface area contributed by atoms with Gasteiger partial charge in [-0.25, -0.2) is 14.1 Å². The summed E-state index contributed by atoms with van der Waals surface area (Å²) in [5.41, 5.74) is 0.998. The van der Waals surface area contributed by atoms with Crippen LogP contribution < -0.4 is 5.46 Å². The molecule has 7 heteroatoms. The van der Waals surface area contributed by atoms with E-state index < -0.39 is 18.3 Å². The second-order valence-electron chi connectivity index (χ2n) is 8.26. The Hall–Kier alpha value is -1.73. The fourth-order valence-corrected chi connectivity index (χ4v) is 3.26. The van der Waals surface area contributed by atoms with Crippen LogP contribution in [0.1, 0.15) is 64.7 Å². The van der Waals surface area contributed by atoms with Gasteiger partial charge < -0.3 is 9.31 Å². The molecule has 2 aromatic rings. The molecule has 0 radical (unpaired) electrons.